The minimum absolute atomic E-state index is 0.0647. The molecule has 7 nitrogen and oxygen atoms in total. The van der Waals surface area contributed by atoms with E-state index in [-0.39, 0.29) is 24.4 Å². The first-order valence-electron chi connectivity index (χ1n) is 8.00. The number of hydrogen-bond acceptors (Lipinski definition) is 4. The van der Waals surface area contributed by atoms with Gasteiger partial charge < -0.3 is 11.1 Å². The zero-order valence-electron chi connectivity index (χ0n) is 14.4. The van der Waals surface area contributed by atoms with Crippen molar-refractivity contribution in [3.63, 3.8) is 0 Å². The number of primary amides is 1. The molecule has 2 rings (SSSR count). The van der Waals surface area contributed by atoms with Crippen molar-refractivity contribution in [3.05, 3.63) is 60.2 Å². The van der Waals surface area contributed by atoms with Crippen molar-refractivity contribution < 1.29 is 18.0 Å². The highest BCUT2D eigenvalue weighted by molar-refractivity contribution is 7.92. The molecular formula is C18H21N3O4S. The number of benzene rings is 2. The number of para-hydroxylation sites is 1. The summed E-state index contributed by atoms with van der Waals surface area (Å²) >= 11 is 0. The minimum atomic E-state index is -3.84. The van der Waals surface area contributed by atoms with Gasteiger partial charge in [0.15, 0.2) is 0 Å². The van der Waals surface area contributed by atoms with Crippen molar-refractivity contribution in [3.8, 4) is 0 Å². The van der Waals surface area contributed by atoms with E-state index >= 15 is 0 Å². The van der Waals surface area contributed by atoms with Crippen LogP contribution in [0.3, 0.4) is 0 Å². The highest BCUT2D eigenvalue weighted by Crippen LogP contribution is 2.24. The normalized spacial score (nSPS) is 11.0. The number of sulfonamides is 1. The van der Waals surface area contributed by atoms with Crippen molar-refractivity contribution in [2.75, 3.05) is 17.4 Å². The first kappa shape index (κ1) is 19.5. The maximum Gasteiger partial charge on any atom is 0.264 e. The molecule has 3 N–H and O–H groups in total. The molecule has 0 radical (unpaired) electrons. The van der Waals surface area contributed by atoms with E-state index in [0.717, 1.165) is 5.56 Å². The number of hydrogen-bond donors (Lipinski definition) is 2. The van der Waals surface area contributed by atoms with E-state index in [1.54, 1.807) is 42.5 Å². The van der Waals surface area contributed by atoms with Gasteiger partial charge >= 0.3 is 0 Å². The molecule has 138 valence electrons. The van der Waals surface area contributed by atoms with Crippen LogP contribution < -0.4 is 15.4 Å². The average Bonchev–Trinajstić information content (AvgIpc) is 2.61. The summed E-state index contributed by atoms with van der Waals surface area (Å²) in [6.07, 6.45) is -0.104. The first-order chi connectivity index (χ1) is 12.3. The van der Waals surface area contributed by atoms with Crippen molar-refractivity contribution in [2.45, 2.75) is 18.2 Å². The fraction of sp³-hybridized carbons (Fsp3) is 0.222. The van der Waals surface area contributed by atoms with Crippen LogP contribution in [0.2, 0.25) is 0 Å². The van der Waals surface area contributed by atoms with Gasteiger partial charge in [-0.25, -0.2) is 8.42 Å². The Morgan fingerprint density at radius 1 is 1.04 bits per heavy atom. The monoisotopic (exact) mass is 375 g/mol. The topological polar surface area (TPSA) is 110 Å². The fourth-order valence-electron chi connectivity index (χ4n) is 2.30. The van der Waals surface area contributed by atoms with Gasteiger partial charge in [-0.1, -0.05) is 35.9 Å². The number of carbonyl (C=O) groups is 2. The molecule has 2 aromatic carbocycles. The molecule has 0 spiro atoms. The summed E-state index contributed by atoms with van der Waals surface area (Å²) in [5.41, 5.74) is 6.39. The summed E-state index contributed by atoms with van der Waals surface area (Å²) in [5.74, 6) is -1.12. The summed E-state index contributed by atoms with van der Waals surface area (Å²) in [6, 6.07) is 15.0. The lowest BCUT2D eigenvalue weighted by molar-refractivity contribution is -0.124. The molecule has 0 unspecified atom stereocenters. The zero-order valence-corrected chi connectivity index (χ0v) is 15.2. The Bertz CT molecular complexity index is 865. The summed E-state index contributed by atoms with van der Waals surface area (Å²) < 4.78 is 27.3. The van der Waals surface area contributed by atoms with Crippen molar-refractivity contribution >= 4 is 27.5 Å². The Kier molecular flexibility index (Phi) is 6.35. The number of amides is 2. The maximum atomic E-state index is 13.0. The van der Waals surface area contributed by atoms with Crippen molar-refractivity contribution in [1.82, 2.24) is 5.32 Å². The molecule has 0 fully saturated rings. The molecule has 0 atom stereocenters. The predicted octanol–water partition coefficient (Wildman–Crippen LogP) is 1.18. The third-order valence-corrected chi connectivity index (χ3v) is 5.50. The largest absolute Gasteiger partial charge is 0.368 e. The molecule has 26 heavy (non-hydrogen) atoms. The highest BCUT2D eigenvalue weighted by atomic mass is 32.2. The molecule has 0 aliphatic carbocycles. The van der Waals surface area contributed by atoms with Gasteiger partial charge in [0.2, 0.25) is 11.8 Å². The standard InChI is InChI=1S/C18H21N3O4S/c1-14-7-9-16(10-8-14)26(24,25)21(15-5-3-2-4-6-15)12-11-18(23)20-13-17(19)22/h2-10H,11-13H2,1H3,(H2,19,22)(H,20,23). The zero-order chi connectivity index (χ0) is 19.2. The van der Waals surface area contributed by atoms with Crippen LogP contribution in [0.1, 0.15) is 12.0 Å². The maximum absolute atomic E-state index is 13.0. The Hall–Kier alpha value is -2.87. The SMILES string of the molecule is Cc1ccc(S(=O)(=O)N(CCC(=O)NCC(N)=O)c2ccccc2)cc1. The van der Waals surface area contributed by atoms with E-state index in [4.69, 9.17) is 5.73 Å². The summed E-state index contributed by atoms with van der Waals surface area (Å²) in [7, 11) is -3.84. The van der Waals surface area contributed by atoms with Gasteiger partial charge in [0, 0.05) is 13.0 Å². The Labute approximate surface area is 152 Å². The second-order valence-electron chi connectivity index (χ2n) is 5.72. The van der Waals surface area contributed by atoms with E-state index < -0.39 is 21.8 Å². The molecule has 0 aliphatic heterocycles. The third kappa shape index (κ3) is 5.06. The van der Waals surface area contributed by atoms with Crippen LogP contribution in [-0.4, -0.2) is 33.3 Å². The summed E-state index contributed by atoms with van der Waals surface area (Å²) in [4.78, 5) is 22.7. The highest BCUT2D eigenvalue weighted by Gasteiger charge is 2.25. The Balaban J connectivity index is 2.25. The van der Waals surface area contributed by atoms with Gasteiger partial charge in [0.1, 0.15) is 0 Å². The average molecular weight is 375 g/mol. The smallest absolute Gasteiger partial charge is 0.264 e. The quantitative estimate of drug-likeness (QED) is 0.722. The van der Waals surface area contributed by atoms with E-state index in [0.29, 0.717) is 5.69 Å². The van der Waals surface area contributed by atoms with Gasteiger partial charge in [-0.3, -0.25) is 13.9 Å². The van der Waals surface area contributed by atoms with Crippen LogP contribution in [0.25, 0.3) is 0 Å². The van der Waals surface area contributed by atoms with Crippen molar-refractivity contribution in [2.24, 2.45) is 5.73 Å². The van der Waals surface area contributed by atoms with E-state index in [2.05, 4.69) is 5.32 Å². The lowest BCUT2D eigenvalue weighted by atomic mass is 10.2. The van der Waals surface area contributed by atoms with E-state index in [1.165, 1.54) is 16.4 Å². The van der Waals surface area contributed by atoms with Gasteiger partial charge in [-0.2, -0.15) is 0 Å². The number of rotatable bonds is 8. The van der Waals surface area contributed by atoms with Gasteiger partial charge in [-0.15, -0.1) is 0 Å². The number of nitrogens with zero attached hydrogens (tertiary/aromatic N) is 1. The molecule has 0 saturated heterocycles. The van der Waals surface area contributed by atoms with Gasteiger partial charge in [0.25, 0.3) is 10.0 Å². The number of nitrogens with one attached hydrogen (secondary N) is 1. The van der Waals surface area contributed by atoms with Crippen LogP contribution >= 0.6 is 0 Å². The van der Waals surface area contributed by atoms with Gasteiger partial charge in [0.05, 0.1) is 17.1 Å². The number of anilines is 1. The van der Waals surface area contributed by atoms with Crippen LogP contribution in [0, 0.1) is 6.92 Å². The molecular weight excluding hydrogens is 354 g/mol. The second-order valence-corrected chi connectivity index (χ2v) is 7.58. The summed E-state index contributed by atoms with van der Waals surface area (Å²) in [6.45, 7) is 1.52. The second kappa shape index (κ2) is 8.48. The molecule has 0 heterocycles. The minimum Gasteiger partial charge on any atom is -0.368 e. The van der Waals surface area contributed by atoms with Gasteiger partial charge in [-0.05, 0) is 31.2 Å². The van der Waals surface area contributed by atoms with Crippen LogP contribution in [-0.2, 0) is 19.6 Å². The van der Waals surface area contributed by atoms with Crippen LogP contribution in [0.4, 0.5) is 5.69 Å². The lowest BCUT2D eigenvalue weighted by Gasteiger charge is -2.24. The number of carbonyl (C=O) groups excluding carboxylic acids is 2. The fourth-order valence-corrected chi connectivity index (χ4v) is 3.76. The van der Waals surface area contributed by atoms with Crippen LogP contribution in [0.15, 0.2) is 59.5 Å². The number of nitrogens with two attached hydrogens (primary N) is 1. The van der Waals surface area contributed by atoms with E-state index in [1.807, 2.05) is 6.92 Å². The Morgan fingerprint density at radius 3 is 2.23 bits per heavy atom. The summed E-state index contributed by atoms with van der Waals surface area (Å²) in [5, 5.41) is 2.35. The molecule has 0 saturated carbocycles. The Morgan fingerprint density at radius 2 is 1.65 bits per heavy atom. The molecule has 2 aromatic rings. The third-order valence-electron chi connectivity index (χ3n) is 3.65. The molecule has 0 bridgehead atoms. The lowest BCUT2D eigenvalue weighted by Crippen LogP contribution is -2.37. The molecule has 2 amide bonds. The van der Waals surface area contributed by atoms with Crippen molar-refractivity contribution in [1.29, 1.82) is 0 Å². The predicted molar refractivity (Wildman–Crippen MR) is 99.0 cm³/mol. The molecule has 0 aromatic heterocycles. The number of aryl methyl sites for hydroxylation is 1. The first-order valence-corrected chi connectivity index (χ1v) is 9.44. The molecule has 8 heteroatoms. The van der Waals surface area contributed by atoms with E-state index in [9.17, 15) is 18.0 Å². The molecule has 0 aliphatic rings. The van der Waals surface area contributed by atoms with Crippen LogP contribution in [0.5, 0.6) is 0 Å².